The minimum Gasteiger partial charge on any atom is -0.457 e. The number of ether oxygens (including phenoxy) is 4. The first kappa shape index (κ1) is 54.4. The van der Waals surface area contributed by atoms with Gasteiger partial charge in [0.1, 0.15) is 17.2 Å². The number of rotatable bonds is 41. The van der Waals surface area contributed by atoms with Crippen molar-refractivity contribution in [1.82, 2.24) is 0 Å². The van der Waals surface area contributed by atoms with Gasteiger partial charge in [-0.2, -0.15) is 0 Å². The van der Waals surface area contributed by atoms with E-state index in [1.54, 1.807) is 0 Å². The predicted octanol–water partition coefficient (Wildman–Crippen LogP) is 18.4. The molecule has 4 rings (SSSR count). The van der Waals surface area contributed by atoms with Crippen LogP contribution >= 0.6 is 0 Å². The van der Waals surface area contributed by atoms with Gasteiger partial charge in [0, 0.05) is 17.2 Å². The van der Waals surface area contributed by atoms with Crippen molar-refractivity contribution in [3.8, 4) is 17.2 Å². The topological polar surface area (TPSA) is 77.4 Å². The van der Waals surface area contributed by atoms with Gasteiger partial charge in [0.25, 0.3) is 0 Å². The molecule has 0 radical (unpaired) electrons. The summed E-state index contributed by atoms with van der Waals surface area (Å²) in [5.74, 6) is 0.261. The van der Waals surface area contributed by atoms with Crippen molar-refractivity contribution in [2.75, 3.05) is 0 Å². The smallest absolute Gasteiger partial charge is 0.331 e. The van der Waals surface area contributed by atoms with Crippen molar-refractivity contribution in [2.24, 2.45) is 0 Å². The van der Waals surface area contributed by atoms with Gasteiger partial charge in [0.15, 0.2) is 12.6 Å². The summed E-state index contributed by atoms with van der Waals surface area (Å²) in [7, 11) is 0. The minimum atomic E-state index is -1.73. The minimum absolute atomic E-state index is 0.254. The number of aliphatic hydroxyl groups excluding tert-OH is 2. The van der Waals surface area contributed by atoms with Crippen molar-refractivity contribution in [2.45, 2.75) is 251 Å². The summed E-state index contributed by atoms with van der Waals surface area (Å²) in [6.07, 6.45) is 37.5. The van der Waals surface area contributed by atoms with Crippen molar-refractivity contribution >= 4 is 21.5 Å². The van der Waals surface area contributed by atoms with Crippen LogP contribution in [-0.2, 0) is 9.47 Å². The van der Waals surface area contributed by atoms with Gasteiger partial charge in [0.05, 0.1) is 0 Å². The Morgan fingerprint density at radius 3 is 1.25 bits per heavy atom. The van der Waals surface area contributed by atoms with E-state index < -0.39 is 18.6 Å². The Bertz CT molecular complexity index is 1720. The molecular formula is C59H92O6. The molecule has 6 heteroatoms. The summed E-state index contributed by atoms with van der Waals surface area (Å²) < 4.78 is 26.1. The third-order valence-corrected chi connectivity index (χ3v) is 13.2. The monoisotopic (exact) mass is 897 g/mol. The van der Waals surface area contributed by atoms with E-state index in [1.807, 2.05) is 73.7 Å². The lowest BCUT2D eigenvalue weighted by atomic mass is 10.0. The molecule has 0 aliphatic carbocycles. The van der Waals surface area contributed by atoms with Crippen molar-refractivity contribution in [1.29, 1.82) is 0 Å². The second kappa shape index (κ2) is 34.2. The number of fused-ring (bicyclic) bond motifs is 2. The van der Waals surface area contributed by atoms with Crippen LogP contribution < -0.4 is 9.47 Å². The van der Waals surface area contributed by atoms with Gasteiger partial charge in [-0.05, 0) is 66.8 Å². The molecule has 65 heavy (non-hydrogen) atoms. The molecule has 0 fully saturated rings. The molecule has 0 saturated carbocycles. The Morgan fingerprint density at radius 1 is 0.400 bits per heavy atom. The lowest BCUT2D eigenvalue weighted by molar-refractivity contribution is -0.416. The highest BCUT2D eigenvalue weighted by molar-refractivity contribution is 6.05. The average molecular weight is 897 g/mol. The van der Waals surface area contributed by atoms with Gasteiger partial charge in [0.2, 0.25) is 0 Å². The van der Waals surface area contributed by atoms with Crippen LogP contribution in [0.2, 0.25) is 0 Å². The highest BCUT2D eigenvalue weighted by atomic mass is 16.9. The van der Waals surface area contributed by atoms with Crippen LogP contribution in [0.5, 0.6) is 17.2 Å². The first-order valence-corrected chi connectivity index (χ1v) is 27.1. The van der Waals surface area contributed by atoms with Gasteiger partial charge in [-0.1, -0.05) is 249 Å². The number of hydrogen-bond acceptors (Lipinski definition) is 6. The van der Waals surface area contributed by atoms with Gasteiger partial charge >= 0.3 is 5.97 Å². The van der Waals surface area contributed by atoms with Crippen molar-refractivity contribution < 1.29 is 29.2 Å². The first-order valence-electron chi connectivity index (χ1n) is 27.1. The summed E-state index contributed by atoms with van der Waals surface area (Å²) in [6, 6.07) is 26.0. The second-order valence-corrected chi connectivity index (χ2v) is 19.0. The molecule has 2 unspecified atom stereocenters. The van der Waals surface area contributed by atoms with E-state index in [1.165, 1.54) is 154 Å². The fourth-order valence-electron chi connectivity index (χ4n) is 9.18. The summed E-state index contributed by atoms with van der Waals surface area (Å²) in [4.78, 5) is 0. The average Bonchev–Trinajstić information content (AvgIpc) is 3.31. The summed E-state index contributed by atoms with van der Waals surface area (Å²) in [5, 5.41) is 26.7. The quantitative estimate of drug-likeness (QED) is 0.0263. The van der Waals surface area contributed by atoms with Gasteiger partial charge in [-0.25, -0.2) is 0 Å². The maximum Gasteiger partial charge on any atom is 0.331 e. The van der Waals surface area contributed by atoms with E-state index in [0.29, 0.717) is 24.3 Å². The van der Waals surface area contributed by atoms with E-state index in [9.17, 15) is 10.2 Å². The fourth-order valence-corrected chi connectivity index (χ4v) is 9.18. The summed E-state index contributed by atoms with van der Waals surface area (Å²) in [6.45, 7) is 6.49. The highest BCUT2D eigenvalue weighted by Crippen LogP contribution is 2.41. The molecule has 0 bridgehead atoms. The number of benzene rings is 4. The summed E-state index contributed by atoms with van der Waals surface area (Å²) in [5.41, 5.74) is 0. The van der Waals surface area contributed by atoms with Gasteiger partial charge in [-0.3, -0.25) is 9.47 Å². The molecule has 2 atom stereocenters. The third kappa shape index (κ3) is 22.5. The zero-order valence-corrected chi connectivity index (χ0v) is 41.5. The maximum atomic E-state index is 11.5. The van der Waals surface area contributed by atoms with Crippen LogP contribution in [0.15, 0.2) is 78.9 Å². The molecule has 2 N–H and O–H groups in total. The van der Waals surface area contributed by atoms with Crippen molar-refractivity contribution in [3.05, 3.63) is 78.9 Å². The SMILES string of the molecule is CCCCCCCCCCCCCCCCCC(O)OC(CC)(Oc1c2ccccc2cc2ccc(Oc3ccccc3)cc12)OC(O)CCCCCCCCCCCCCCCCC. The molecule has 0 aromatic heterocycles. The number of hydrogen-bond donors (Lipinski definition) is 2. The highest BCUT2D eigenvalue weighted by Gasteiger charge is 2.39. The Morgan fingerprint density at radius 2 is 0.800 bits per heavy atom. The molecule has 0 amide bonds. The molecule has 6 nitrogen and oxygen atoms in total. The van der Waals surface area contributed by atoms with Crippen LogP contribution in [-0.4, -0.2) is 28.8 Å². The molecule has 0 aliphatic heterocycles. The second-order valence-electron chi connectivity index (χ2n) is 19.0. The molecule has 364 valence electrons. The Kier molecular flexibility index (Phi) is 28.6. The van der Waals surface area contributed by atoms with Gasteiger partial charge in [-0.15, -0.1) is 0 Å². The normalized spacial score (nSPS) is 13.6. The Labute approximate surface area is 396 Å². The third-order valence-electron chi connectivity index (χ3n) is 13.2. The standard InChI is InChI=1S/C59H92O6/c1-4-7-9-11-13-15-17-19-21-23-25-27-29-31-36-44-56(60)63-59(6-3,64-57(61)45-37-32-30-28-26-24-22-20-18-16-14-12-10-8-5-2)65-58-54-43-39-38-40-50(54)48-51-46-47-53(49-55(51)58)62-52-41-34-33-35-42-52/h33-35,38-43,46-49,56-57,60-61H,4-32,36-37,44-45H2,1-3H3. The van der Waals surface area contributed by atoms with E-state index in [4.69, 9.17) is 18.9 Å². The Balaban J connectivity index is 1.32. The van der Waals surface area contributed by atoms with Crippen LogP contribution in [0.3, 0.4) is 0 Å². The molecule has 4 aromatic rings. The largest absolute Gasteiger partial charge is 0.457 e. The maximum absolute atomic E-state index is 11.5. The fraction of sp³-hybridized carbons (Fsp3) is 0.661. The number of aliphatic hydroxyl groups is 2. The van der Waals surface area contributed by atoms with E-state index >= 15 is 0 Å². The molecular weight excluding hydrogens is 805 g/mol. The lowest BCUT2D eigenvalue weighted by Crippen LogP contribution is -2.47. The molecule has 0 spiro atoms. The first-order chi connectivity index (χ1) is 32.0. The van der Waals surface area contributed by atoms with Crippen LogP contribution in [0.4, 0.5) is 0 Å². The Hall–Kier alpha value is -3.16. The zero-order valence-electron chi connectivity index (χ0n) is 41.5. The van der Waals surface area contributed by atoms with E-state index in [0.717, 1.165) is 65.8 Å². The zero-order chi connectivity index (χ0) is 46.1. The van der Waals surface area contributed by atoms with E-state index in [-0.39, 0.29) is 6.42 Å². The van der Waals surface area contributed by atoms with Crippen molar-refractivity contribution in [3.63, 3.8) is 0 Å². The van der Waals surface area contributed by atoms with Crippen LogP contribution in [0.25, 0.3) is 21.5 Å². The molecule has 0 heterocycles. The van der Waals surface area contributed by atoms with E-state index in [2.05, 4.69) is 26.0 Å². The molecule has 4 aromatic carbocycles. The number of unbranched alkanes of at least 4 members (excludes halogenated alkanes) is 28. The summed E-state index contributed by atoms with van der Waals surface area (Å²) >= 11 is 0. The molecule has 0 aliphatic rings. The van der Waals surface area contributed by atoms with Gasteiger partial charge < -0.3 is 19.7 Å². The molecule has 0 saturated heterocycles. The number of para-hydroxylation sites is 1. The lowest BCUT2D eigenvalue weighted by Gasteiger charge is -2.36. The predicted molar refractivity (Wildman–Crippen MR) is 275 cm³/mol. The van der Waals surface area contributed by atoms with Crippen LogP contribution in [0.1, 0.15) is 233 Å². The van der Waals surface area contributed by atoms with Crippen LogP contribution in [0, 0.1) is 0 Å².